The summed E-state index contributed by atoms with van der Waals surface area (Å²) in [7, 11) is 3.07. The van der Waals surface area contributed by atoms with E-state index < -0.39 is 5.91 Å². The fourth-order valence-electron chi connectivity index (χ4n) is 2.76. The summed E-state index contributed by atoms with van der Waals surface area (Å²) in [6, 6.07) is 5.13. The van der Waals surface area contributed by atoms with E-state index in [4.69, 9.17) is 9.47 Å². The molecular formula is C18H21N5O4. The number of aromatic nitrogens is 2. The smallest absolute Gasteiger partial charge is 0.275 e. The van der Waals surface area contributed by atoms with E-state index in [1.807, 2.05) is 4.90 Å². The summed E-state index contributed by atoms with van der Waals surface area (Å²) in [4.78, 5) is 35.6. The highest BCUT2D eigenvalue weighted by atomic mass is 16.5. The molecule has 0 radical (unpaired) electrons. The van der Waals surface area contributed by atoms with Crippen molar-refractivity contribution in [2.75, 3.05) is 50.6 Å². The normalized spacial score (nSPS) is 13.9. The Morgan fingerprint density at radius 2 is 1.89 bits per heavy atom. The van der Waals surface area contributed by atoms with Crippen LogP contribution in [0, 0.1) is 0 Å². The second-order valence-corrected chi connectivity index (χ2v) is 5.91. The highest BCUT2D eigenvalue weighted by Crippen LogP contribution is 2.29. The third kappa shape index (κ3) is 4.25. The highest BCUT2D eigenvalue weighted by molar-refractivity contribution is 6.03. The predicted molar refractivity (Wildman–Crippen MR) is 99.4 cm³/mol. The highest BCUT2D eigenvalue weighted by Gasteiger charge is 2.18. The zero-order valence-corrected chi connectivity index (χ0v) is 15.2. The molecule has 27 heavy (non-hydrogen) atoms. The first-order valence-corrected chi connectivity index (χ1v) is 8.44. The fourth-order valence-corrected chi connectivity index (χ4v) is 2.76. The summed E-state index contributed by atoms with van der Waals surface area (Å²) >= 11 is 0. The molecule has 2 aromatic rings. The molecule has 0 atom stereocenters. The molecule has 1 fully saturated rings. The molecule has 1 aromatic carbocycles. The largest absolute Gasteiger partial charge is 0.497 e. The van der Waals surface area contributed by atoms with Crippen molar-refractivity contribution in [1.29, 1.82) is 0 Å². The van der Waals surface area contributed by atoms with Crippen LogP contribution in [-0.2, 0) is 4.79 Å². The number of hydrogen-bond acceptors (Lipinski definition) is 7. The molecule has 0 spiro atoms. The third-order valence-electron chi connectivity index (χ3n) is 4.31. The van der Waals surface area contributed by atoms with E-state index in [0.29, 0.717) is 49.2 Å². The minimum Gasteiger partial charge on any atom is -0.497 e. The molecule has 3 rings (SSSR count). The number of piperazine rings is 1. The zero-order chi connectivity index (χ0) is 19.2. The molecule has 0 saturated carbocycles. The number of carbonyl (C=O) groups excluding carboxylic acids is 2. The first-order valence-electron chi connectivity index (χ1n) is 8.44. The summed E-state index contributed by atoms with van der Waals surface area (Å²) in [5.41, 5.74) is 0.674. The van der Waals surface area contributed by atoms with E-state index in [0.717, 1.165) is 6.41 Å². The number of amides is 2. The number of anilines is 2. The van der Waals surface area contributed by atoms with Gasteiger partial charge in [0.1, 0.15) is 23.0 Å². The standard InChI is InChI=1S/C18H21N5O4/c1-26-13-3-4-16(27-2)14(9-13)21-18(25)15-10-20-17(11-19-15)23-7-5-22(12-24)6-8-23/h3-4,9-12H,5-8H2,1-2H3,(H,21,25). The SMILES string of the molecule is COc1ccc(OC)c(NC(=O)c2cnc(N3CCN(C=O)CC3)cn2)c1. The topological polar surface area (TPSA) is 96.9 Å². The summed E-state index contributed by atoms with van der Waals surface area (Å²) in [5.74, 6) is 1.39. The molecule has 2 amide bonds. The van der Waals surface area contributed by atoms with E-state index in [9.17, 15) is 9.59 Å². The summed E-state index contributed by atoms with van der Waals surface area (Å²) in [5, 5.41) is 2.76. The first kappa shape index (κ1) is 18.4. The number of nitrogens with zero attached hydrogens (tertiary/aromatic N) is 4. The molecule has 142 valence electrons. The second-order valence-electron chi connectivity index (χ2n) is 5.91. The second kappa shape index (κ2) is 8.35. The lowest BCUT2D eigenvalue weighted by Crippen LogP contribution is -2.46. The lowest BCUT2D eigenvalue weighted by atomic mass is 10.2. The molecule has 0 unspecified atom stereocenters. The van der Waals surface area contributed by atoms with Gasteiger partial charge in [0.2, 0.25) is 6.41 Å². The van der Waals surface area contributed by atoms with Crippen molar-refractivity contribution in [2.45, 2.75) is 0 Å². The molecule has 1 aliphatic rings. The van der Waals surface area contributed by atoms with Gasteiger partial charge in [-0.2, -0.15) is 0 Å². The molecule has 9 heteroatoms. The quantitative estimate of drug-likeness (QED) is 0.757. The van der Waals surface area contributed by atoms with Gasteiger partial charge >= 0.3 is 0 Å². The number of benzene rings is 1. The minimum atomic E-state index is -0.397. The summed E-state index contributed by atoms with van der Waals surface area (Å²) in [6.45, 7) is 2.64. The van der Waals surface area contributed by atoms with Crippen molar-refractivity contribution in [1.82, 2.24) is 14.9 Å². The monoisotopic (exact) mass is 371 g/mol. The van der Waals surface area contributed by atoms with Crippen molar-refractivity contribution in [3.63, 3.8) is 0 Å². The Kier molecular flexibility index (Phi) is 5.70. The van der Waals surface area contributed by atoms with Crippen LogP contribution in [0.3, 0.4) is 0 Å². The number of hydrogen-bond donors (Lipinski definition) is 1. The number of rotatable bonds is 6. The van der Waals surface area contributed by atoms with Crippen molar-refractivity contribution in [2.24, 2.45) is 0 Å². The average Bonchev–Trinajstić information content (AvgIpc) is 2.73. The van der Waals surface area contributed by atoms with Gasteiger partial charge in [-0.25, -0.2) is 9.97 Å². The molecule has 1 aliphatic heterocycles. The zero-order valence-electron chi connectivity index (χ0n) is 15.2. The Labute approximate surface area is 156 Å². The van der Waals surface area contributed by atoms with Gasteiger partial charge in [0.25, 0.3) is 5.91 Å². The number of methoxy groups -OCH3 is 2. The van der Waals surface area contributed by atoms with E-state index in [1.165, 1.54) is 13.3 Å². The maximum absolute atomic E-state index is 12.5. The third-order valence-corrected chi connectivity index (χ3v) is 4.31. The maximum atomic E-state index is 12.5. The summed E-state index contributed by atoms with van der Waals surface area (Å²) < 4.78 is 10.4. The van der Waals surface area contributed by atoms with Gasteiger partial charge in [0.05, 0.1) is 32.3 Å². The van der Waals surface area contributed by atoms with E-state index in [-0.39, 0.29) is 5.69 Å². The number of nitrogens with one attached hydrogen (secondary N) is 1. The van der Waals surface area contributed by atoms with Crippen LogP contribution in [0.2, 0.25) is 0 Å². The Hall–Kier alpha value is -3.36. The van der Waals surface area contributed by atoms with Gasteiger partial charge in [-0.3, -0.25) is 9.59 Å². The van der Waals surface area contributed by atoms with Crippen LogP contribution < -0.4 is 19.7 Å². The van der Waals surface area contributed by atoms with Crippen molar-refractivity contribution in [3.05, 3.63) is 36.3 Å². The van der Waals surface area contributed by atoms with E-state index >= 15 is 0 Å². The van der Waals surface area contributed by atoms with Crippen molar-refractivity contribution >= 4 is 23.8 Å². The Morgan fingerprint density at radius 1 is 1.11 bits per heavy atom. The van der Waals surface area contributed by atoms with Crippen LogP contribution in [0.4, 0.5) is 11.5 Å². The minimum absolute atomic E-state index is 0.190. The molecule has 1 N–H and O–H groups in total. The fraction of sp³-hybridized carbons (Fsp3) is 0.333. The molecular weight excluding hydrogens is 350 g/mol. The average molecular weight is 371 g/mol. The molecule has 2 heterocycles. The van der Waals surface area contributed by atoms with Crippen LogP contribution in [0.15, 0.2) is 30.6 Å². The molecule has 1 aromatic heterocycles. The van der Waals surface area contributed by atoms with E-state index in [1.54, 1.807) is 36.4 Å². The molecule has 0 bridgehead atoms. The van der Waals surface area contributed by atoms with Crippen LogP contribution in [-0.4, -0.2) is 67.6 Å². The van der Waals surface area contributed by atoms with Crippen LogP contribution in [0.1, 0.15) is 10.5 Å². The van der Waals surface area contributed by atoms with Gasteiger partial charge in [-0.05, 0) is 12.1 Å². The maximum Gasteiger partial charge on any atom is 0.275 e. The number of ether oxygens (including phenoxy) is 2. The first-order chi connectivity index (χ1) is 13.1. The number of carbonyl (C=O) groups is 2. The predicted octanol–water partition coefficient (Wildman–Crippen LogP) is 1.02. The lowest BCUT2D eigenvalue weighted by Gasteiger charge is -2.33. The Morgan fingerprint density at radius 3 is 2.48 bits per heavy atom. The Bertz CT molecular complexity index is 804. The van der Waals surface area contributed by atoms with Crippen molar-refractivity contribution in [3.8, 4) is 11.5 Å². The Balaban J connectivity index is 1.68. The lowest BCUT2D eigenvalue weighted by molar-refractivity contribution is -0.118. The van der Waals surface area contributed by atoms with Crippen molar-refractivity contribution < 1.29 is 19.1 Å². The molecule has 1 saturated heterocycles. The molecule has 0 aliphatic carbocycles. The molecule has 9 nitrogen and oxygen atoms in total. The van der Waals surface area contributed by atoms with Crippen LogP contribution in [0.5, 0.6) is 11.5 Å². The van der Waals surface area contributed by atoms with Gasteiger partial charge in [-0.1, -0.05) is 0 Å². The van der Waals surface area contributed by atoms with Gasteiger partial charge in [0.15, 0.2) is 0 Å². The van der Waals surface area contributed by atoms with Gasteiger partial charge < -0.3 is 24.6 Å². The van der Waals surface area contributed by atoms with E-state index in [2.05, 4.69) is 15.3 Å². The van der Waals surface area contributed by atoms with Crippen LogP contribution >= 0.6 is 0 Å². The van der Waals surface area contributed by atoms with Gasteiger partial charge in [0, 0.05) is 32.2 Å². The summed E-state index contributed by atoms with van der Waals surface area (Å²) in [6.07, 6.45) is 3.85. The van der Waals surface area contributed by atoms with Crippen LogP contribution in [0.25, 0.3) is 0 Å². The van der Waals surface area contributed by atoms with Gasteiger partial charge in [-0.15, -0.1) is 0 Å².